The van der Waals surface area contributed by atoms with Crippen LogP contribution in [-0.4, -0.2) is 48.3 Å². The second-order valence-corrected chi connectivity index (χ2v) is 11.9. The van der Waals surface area contributed by atoms with Gasteiger partial charge in [-0.25, -0.2) is 0 Å². The van der Waals surface area contributed by atoms with E-state index in [1.807, 2.05) is 67.6 Å². The summed E-state index contributed by atoms with van der Waals surface area (Å²) in [6.07, 6.45) is 2.14. The summed E-state index contributed by atoms with van der Waals surface area (Å²) in [5.74, 6) is -0.299. The van der Waals surface area contributed by atoms with Crippen molar-refractivity contribution >= 4 is 27.8 Å². The molecule has 2 atom stereocenters. The molecule has 12 heteroatoms. The predicted octanol–water partition coefficient (Wildman–Crippen LogP) is 4.29. The Bertz CT molecular complexity index is 1710. The molecule has 0 aliphatic carbocycles. The molecule has 1 fully saturated rings. The van der Waals surface area contributed by atoms with Gasteiger partial charge < -0.3 is 20.5 Å². The van der Waals surface area contributed by atoms with Gasteiger partial charge in [0.1, 0.15) is 24.8 Å². The molecule has 5 rings (SSSR count). The van der Waals surface area contributed by atoms with Gasteiger partial charge in [-0.1, -0.05) is 48.0 Å². The van der Waals surface area contributed by atoms with Crippen molar-refractivity contribution in [1.82, 2.24) is 10.3 Å². The quantitative estimate of drug-likeness (QED) is 0.0860. The number of hydrogen-bond acceptors (Lipinski definition) is 8. The first kappa shape index (κ1) is 32.8. The summed E-state index contributed by atoms with van der Waals surface area (Å²) >= 11 is 0. The van der Waals surface area contributed by atoms with Crippen LogP contribution >= 0.6 is 0 Å². The zero-order valence-electron chi connectivity index (χ0n) is 24.6. The molecule has 1 amide bonds. The highest BCUT2D eigenvalue weighted by molar-refractivity contribution is 7.85. The number of aryl methyl sites for hydroxylation is 1. The molecule has 1 aliphatic heterocycles. The van der Waals surface area contributed by atoms with Gasteiger partial charge in [-0.15, -0.1) is 0 Å². The van der Waals surface area contributed by atoms with Crippen molar-refractivity contribution in [2.75, 3.05) is 6.61 Å². The van der Waals surface area contributed by atoms with E-state index in [4.69, 9.17) is 25.2 Å². The summed E-state index contributed by atoms with van der Waals surface area (Å²) in [5.41, 5.74) is 9.57. The summed E-state index contributed by atoms with van der Waals surface area (Å²) < 4.78 is 40.7. The maximum Gasteiger partial charge on any atom is 0.306 e. The average Bonchev–Trinajstić information content (AvgIpc) is 3.38. The lowest BCUT2D eigenvalue weighted by Gasteiger charge is -2.12. The number of ether oxygens (including phenoxy) is 2. The average molecular weight is 631 g/mol. The molecule has 5 N–H and O–H groups in total. The maximum atomic E-state index is 12.3. The van der Waals surface area contributed by atoms with E-state index >= 15 is 0 Å². The lowest BCUT2D eigenvalue weighted by atomic mass is 10.0. The van der Waals surface area contributed by atoms with Crippen molar-refractivity contribution in [2.24, 2.45) is 11.7 Å². The number of amides is 1. The first-order valence-corrected chi connectivity index (χ1v) is 15.5. The maximum absolute atomic E-state index is 12.3. The summed E-state index contributed by atoms with van der Waals surface area (Å²) in [5, 5.41) is 10.3. The largest absolute Gasteiger partial charge is 0.491 e. The Morgan fingerprint density at radius 3 is 2.31 bits per heavy atom. The summed E-state index contributed by atoms with van der Waals surface area (Å²) in [6.45, 7) is 2.35. The molecule has 3 aromatic carbocycles. The number of nitrogens with one attached hydrogen (secondary N) is 2. The zero-order valence-corrected chi connectivity index (χ0v) is 25.4. The minimum absolute atomic E-state index is 0.0203. The van der Waals surface area contributed by atoms with E-state index in [-0.39, 0.29) is 41.7 Å². The van der Waals surface area contributed by atoms with Crippen LogP contribution < -0.4 is 15.8 Å². The van der Waals surface area contributed by atoms with Crippen LogP contribution in [-0.2, 0) is 31.1 Å². The Labute approximate surface area is 261 Å². The van der Waals surface area contributed by atoms with Crippen molar-refractivity contribution < 1.29 is 32.0 Å². The fourth-order valence-electron chi connectivity index (χ4n) is 4.47. The van der Waals surface area contributed by atoms with Crippen molar-refractivity contribution in [3.8, 4) is 17.0 Å². The predicted molar refractivity (Wildman–Crippen MR) is 168 cm³/mol. The van der Waals surface area contributed by atoms with Gasteiger partial charge >= 0.3 is 5.97 Å². The SMILES string of the molecule is Cc1ccc(S(=O)(=O)O)cc1.N=C(N)c1ccc(-c2ccc(OC[C@@H]3C[C@@H](CC(=O)OCc4ccccc4)C(=O)N3)cc2)nc1. The molecule has 0 unspecified atom stereocenters. The number of esters is 1. The van der Waals surface area contributed by atoms with Crippen LogP contribution in [0, 0.1) is 18.3 Å². The molecular formula is C33H34N4O7S. The van der Waals surface area contributed by atoms with Gasteiger partial charge in [0.05, 0.1) is 29.0 Å². The van der Waals surface area contributed by atoms with Crippen LogP contribution in [0.25, 0.3) is 11.3 Å². The van der Waals surface area contributed by atoms with E-state index in [1.54, 1.807) is 24.4 Å². The number of nitrogens with two attached hydrogens (primary N) is 1. The van der Waals surface area contributed by atoms with Gasteiger partial charge in [0, 0.05) is 17.3 Å². The highest BCUT2D eigenvalue weighted by Crippen LogP contribution is 2.24. The van der Waals surface area contributed by atoms with Crippen LogP contribution in [0.4, 0.5) is 0 Å². The van der Waals surface area contributed by atoms with Gasteiger partial charge in [-0.05, 0) is 67.4 Å². The molecule has 0 saturated carbocycles. The van der Waals surface area contributed by atoms with E-state index in [9.17, 15) is 18.0 Å². The first-order valence-electron chi connectivity index (χ1n) is 14.1. The molecule has 1 aliphatic rings. The van der Waals surface area contributed by atoms with E-state index in [1.165, 1.54) is 12.1 Å². The Morgan fingerprint density at radius 1 is 1.02 bits per heavy atom. The Hall–Kier alpha value is -5.07. The summed E-state index contributed by atoms with van der Waals surface area (Å²) in [4.78, 5) is 28.7. The van der Waals surface area contributed by atoms with E-state index < -0.39 is 16.0 Å². The zero-order chi connectivity index (χ0) is 32.4. The second-order valence-electron chi connectivity index (χ2n) is 10.5. The Kier molecular flexibility index (Phi) is 11.0. The number of pyridine rings is 1. The third kappa shape index (κ3) is 9.98. The third-order valence-corrected chi connectivity index (χ3v) is 7.80. The molecule has 45 heavy (non-hydrogen) atoms. The lowest BCUT2D eigenvalue weighted by Crippen LogP contribution is -2.31. The summed E-state index contributed by atoms with van der Waals surface area (Å²) in [6, 6.07) is 26.3. The van der Waals surface area contributed by atoms with Gasteiger partial charge in [-0.2, -0.15) is 8.42 Å². The van der Waals surface area contributed by atoms with E-state index in [0.717, 1.165) is 22.4 Å². The number of rotatable bonds is 10. The van der Waals surface area contributed by atoms with Crippen LogP contribution in [0.3, 0.4) is 0 Å². The van der Waals surface area contributed by atoms with Crippen LogP contribution in [0.15, 0.2) is 102 Å². The van der Waals surface area contributed by atoms with Gasteiger partial charge in [-0.3, -0.25) is 24.5 Å². The van der Waals surface area contributed by atoms with Crippen LogP contribution in [0.2, 0.25) is 0 Å². The van der Waals surface area contributed by atoms with Crippen molar-refractivity contribution in [1.29, 1.82) is 5.41 Å². The van der Waals surface area contributed by atoms with Crippen molar-refractivity contribution in [2.45, 2.75) is 37.3 Å². The van der Waals surface area contributed by atoms with Crippen molar-refractivity contribution in [3.05, 3.63) is 114 Å². The van der Waals surface area contributed by atoms with E-state index in [2.05, 4.69) is 10.3 Å². The standard InChI is InChI=1S/C26H26N4O4.C7H8O3S/c27-25(28)19-8-11-23(29-14-19)18-6-9-22(10-7-18)33-16-21-12-20(26(32)30-21)13-24(31)34-15-17-4-2-1-3-5-17;1-6-2-4-7(5-3-6)11(8,9)10/h1-11,14,20-21H,12-13,15-16H2,(H3,27,28)(H,30,32);2-5H,1H3,(H,8,9,10)/t20-,21-;/m0./s1. The Morgan fingerprint density at radius 2 is 1.71 bits per heavy atom. The fourth-order valence-corrected chi connectivity index (χ4v) is 4.95. The van der Waals surface area contributed by atoms with Crippen molar-refractivity contribution in [3.63, 3.8) is 0 Å². The normalized spacial score (nSPS) is 15.7. The number of nitrogen functional groups attached to an aromatic ring is 1. The molecule has 11 nitrogen and oxygen atoms in total. The number of benzene rings is 3. The molecule has 0 radical (unpaired) electrons. The molecule has 234 valence electrons. The first-order chi connectivity index (χ1) is 21.5. The minimum atomic E-state index is -4.02. The van der Waals surface area contributed by atoms with Crippen LogP contribution in [0.5, 0.6) is 5.75 Å². The summed E-state index contributed by atoms with van der Waals surface area (Å²) in [7, 11) is -4.02. The molecule has 1 saturated heterocycles. The minimum Gasteiger partial charge on any atom is -0.491 e. The molecule has 0 spiro atoms. The number of amidine groups is 1. The number of carbonyl (C=O) groups is 2. The smallest absolute Gasteiger partial charge is 0.306 e. The number of hydrogen-bond donors (Lipinski definition) is 4. The highest BCUT2D eigenvalue weighted by Gasteiger charge is 2.34. The highest BCUT2D eigenvalue weighted by atomic mass is 32.2. The monoisotopic (exact) mass is 630 g/mol. The number of aromatic nitrogens is 1. The third-order valence-electron chi connectivity index (χ3n) is 6.94. The molecule has 2 heterocycles. The van der Waals surface area contributed by atoms with Crippen LogP contribution in [0.1, 0.15) is 29.5 Å². The lowest BCUT2D eigenvalue weighted by molar-refractivity contribution is -0.147. The molecular weight excluding hydrogens is 596 g/mol. The number of nitrogens with zero attached hydrogens (tertiary/aromatic N) is 1. The molecule has 4 aromatic rings. The molecule has 0 bridgehead atoms. The Balaban J connectivity index is 0.000000354. The number of carbonyl (C=O) groups excluding carboxylic acids is 2. The second kappa shape index (κ2) is 15.1. The van der Waals surface area contributed by atoms with Gasteiger partial charge in [0.2, 0.25) is 5.91 Å². The van der Waals surface area contributed by atoms with E-state index in [0.29, 0.717) is 24.3 Å². The van der Waals surface area contributed by atoms with Gasteiger partial charge in [0.25, 0.3) is 10.1 Å². The topological polar surface area (TPSA) is 182 Å². The molecule has 1 aromatic heterocycles. The fraction of sp³-hybridized carbons (Fsp3) is 0.212. The van der Waals surface area contributed by atoms with Gasteiger partial charge in [0.15, 0.2) is 0 Å².